The quantitative estimate of drug-likeness (QED) is 0.680. The highest BCUT2D eigenvalue weighted by molar-refractivity contribution is 5.93. The molecule has 1 amide bonds. The predicted octanol–water partition coefficient (Wildman–Crippen LogP) is 2.10. The lowest BCUT2D eigenvalue weighted by Crippen LogP contribution is -2.40. The Kier molecular flexibility index (Phi) is 6.73. The van der Waals surface area contributed by atoms with Crippen molar-refractivity contribution in [3.63, 3.8) is 0 Å². The molecule has 0 saturated heterocycles. The summed E-state index contributed by atoms with van der Waals surface area (Å²) in [6.45, 7) is 4.73. The largest absolute Gasteiger partial charge is 0.480 e. The maximum atomic E-state index is 11.8. The van der Waals surface area contributed by atoms with E-state index in [0.717, 1.165) is 6.42 Å². The van der Waals surface area contributed by atoms with Crippen molar-refractivity contribution < 1.29 is 14.7 Å². The van der Waals surface area contributed by atoms with E-state index in [2.05, 4.69) is 24.5 Å². The standard InChI is InChI=1S/C15H22N2O3/c1-11(2)8-9-16-13(15(19)20)10-14(18)17-12-6-4-3-5-7-12/h3-7,11,13,16H,8-10H2,1-2H3,(H,17,18)(H,19,20). The van der Waals surface area contributed by atoms with Gasteiger partial charge in [0.1, 0.15) is 6.04 Å². The molecule has 0 fully saturated rings. The number of benzene rings is 1. The van der Waals surface area contributed by atoms with Gasteiger partial charge in [0, 0.05) is 5.69 Å². The second-order valence-electron chi connectivity index (χ2n) is 5.15. The smallest absolute Gasteiger partial charge is 0.321 e. The summed E-state index contributed by atoms with van der Waals surface area (Å²) < 4.78 is 0. The molecular weight excluding hydrogens is 256 g/mol. The molecule has 110 valence electrons. The van der Waals surface area contributed by atoms with Crippen molar-refractivity contribution in [3.8, 4) is 0 Å². The molecule has 0 aliphatic heterocycles. The Labute approximate surface area is 119 Å². The van der Waals surface area contributed by atoms with Crippen LogP contribution in [0.2, 0.25) is 0 Å². The molecule has 1 rings (SSSR count). The maximum absolute atomic E-state index is 11.8. The summed E-state index contributed by atoms with van der Waals surface area (Å²) in [5.41, 5.74) is 0.670. The molecule has 0 bridgehead atoms. The first-order valence-corrected chi connectivity index (χ1v) is 6.80. The molecule has 0 saturated carbocycles. The van der Waals surface area contributed by atoms with E-state index in [1.807, 2.05) is 18.2 Å². The number of anilines is 1. The van der Waals surface area contributed by atoms with Crippen molar-refractivity contribution in [1.29, 1.82) is 0 Å². The Hall–Kier alpha value is -1.88. The summed E-state index contributed by atoms with van der Waals surface area (Å²) in [6.07, 6.45) is 0.798. The summed E-state index contributed by atoms with van der Waals surface area (Å²) in [6, 6.07) is 8.15. The highest BCUT2D eigenvalue weighted by Crippen LogP contribution is 2.06. The molecule has 1 aromatic rings. The van der Waals surface area contributed by atoms with Crippen molar-refractivity contribution in [1.82, 2.24) is 5.32 Å². The zero-order valence-electron chi connectivity index (χ0n) is 11.9. The lowest BCUT2D eigenvalue weighted by atomic mass is 10.1. The van der Waals surface area contributed by atoms with Crippen LogP contribution in [0.15, 0.2) is 30.3 Å². The van der Waals surface area contributed by atoms with Gasteiger partial charge in [-0.2, -0.15) is 0 Å². The first-order valence-electron chi connectivity index (χ1n) is 6.80. The highest BCUT2D eigenvalue weighted by Gasteiger charge is 2.20. The van der Waals surface area contributed by atoms with Crippen molar-refractivity contribution in [2.75, 3.05) is 11.9 Å². The number of hydrogen-bond donors (Lipinski definition) is 3. The van der Waals surface area contributed by atoms with Crippen molar-refractivity contribution in [2.24, 2.45) is 5.92 Å². The first-order chi connectivity index (χ1) is 9.49. The number of aliphatic carboxylic acids is 1. The fraction of sp³-hybridized carbons (Fsp3) is 0.467. The van der Waals surface area contributed by atoms with E-state index in [9.17, 15) is 9.59 Å². The van der Waals surface area contributed by atoms with Gasteiger partial charge < -0.3 is 15.7 Å². The van der Waals surface area contributed by atoms with Crippen LogP contribution in [-0.4, -0.2) is 29.6 Å². The lowest BCUT2D eigenvalue weighted by molar-refractivity contribution is -0.141. The van der Waals surface area contributed by atoms with Crippen LogP contribution in [0.25, 0.3) is 0 Å². The lowest BCUT2D eigenvalue weighted by Gasteiger charge is -2.15. The molecule has 5 nitrogen and oxygen atoms in total. The Morgan fingerprint density at radius 2 is 1.85 bits per heavy atom. The van der Waals surface area contributed by atoms with Crippen molar-refractivity contribution >= 4 is 17.6 Å². The summed E-state index contributed by atoms with van der Waals surface area (Å²) in [4.78, 5) is 22.9. The minimum absolute atomic E-state index is 0.0810. The minimum atomic E-state index is -1.00. The summed E-state index contributed by atoms with van der Waals surface area (Å²) >= 11 is 0. The number of carbonyl (C=O) groups is 2. The van der Waals surface area contributed by atoms with Crippen LogP contribution in [0.5, 0.6) is 0 Å². The number of carboxylic acids is 1. The van der Waals surface area contributed by atoms with Crippen LogP contribution in [0.3, 0.4) is 0 Å². The van der Waals surface area contributed by atoms with Crippen LogP contribution < -0.4 is 10.6 Å². The summed E-state index contributed by atoms with van der Waals surface area (Å²) in [5, 5.41) is 14.7. The summed E-state index contributed by atoms with van der Waals surface area (Å²) in [7, 11) is 0. The molecule has 3 N–H and O–H groups in total. The highest BCUT2D eigenvalue weighted by atomic mass is 16.4. The van der Waals surface area contributed by atoms with E-state index in [1.54, 1.807) is 12.1 Å². The van der Waals surface area contributed by atoms with E-state index in [0.29, 0.717) is 18.2 Å². The van der Waals surface area contributed by atoms with Crippen LogP contribution in [0.1, 0.15) is 26.7 Å². The molecule has 0 aliphatic carbocycles. The molecule has 0 aromatic heterocycles. The van der Waals surface area contributed by atoms with E-state index >= 15 is 0 Å². The van der Waals surface area contributed by atoms with Gasteiger partial charge in [-0.3, -0.25) is 9.59 Å². The van der Waals surface area contributed by atoms with Gasteiger partial charge in [0.05, 0.1) is 6.42 Å². The normalized spacial score (nSPS) is 12.2. The molecule has 0 radical (unpaired) electrons. The second-order valence-corrected chi connectivity index (χ2v) is 5.15. The Balaban J connectivity index is 2.44. The number of nitrogens with one attached hydrogen (secondary N) is 2. The van der Waals surface area contributed by atoms with Gasteiger partial charge in [-0.25, -0.2) is 0 Å². The first kappa shape index (κ1) is 16.2. The second kappa shape index (κ2) is 8.32. The van der Waals surface area contributed by atoms with Gasteiger partial charge in [-0.1, -0.05) is 32.0 Å². The van der Waals surface area contributed by atoms with Crippen LogP contribution in [0, 0.1) is 5.92 Å². The molecule has 0 spiro atoms. The maximum Gasteiger partial charge on any atom is 0.321 e. The zero-order chi connectivity index (χ0) is 15.0. The third kappa shape index (κ3) is 6.33. The van der Waals surface area contributed by atoms with Gasteiger partial charge in [-0.15, -0.1) is 0 Å². The summed E-state index contributed by atoms with van der Waals surface area (Å²) in [5.74, 6) is -0.812. The molecule has 1 aromatic carbocycles. The Morgan fingerprint density at radius 1 is 1.20 bits per heavy atom. The fourth-order valence-corrected chi connectivity index (χ4v) is 1.71. The predicted molar refractivity (Wildman–Crippen MR) is 78.6 cm³/mol. The number of carboxylic acid groups (broad SMARTS) is 1. The van der Waals surface area contributed by atoms with Crippen LogP contribution in [0.4, 0.5) is 5.69 Å². The number of carbonyl (C=O) groups excluding carboxylic acids is 1. The zero-order valence-corrected chi connectivity index (χ0v) is 11.9. The number of para-hydroxylation sites is 1. The van der Waals surface area contributed by atoms with Gasteiger partial charge in [0.25, 0.3) is 0 Å². The van der Waals surface area contributed by atoms with Crippen LogP contribution >= 0.6 is 0 Å². The molecule has 5 heteroatoms. The monoisotopic (exact) mass is 278 g/mol. The van der Waals surface area contributed by atoms with E-state index in [-0.39, 0.29) is 12.3 Å². The molecule has 1 atom stereocenters. The topological polar surface area (TPSA) is 78.4 Å². The number of rotatable bonds is 8. The Morgan fingerprint density at radius 3 is 2.40 bits per heavy atom. The van der Waals surface area contributed by atoms with Crippen molar-refractivity contribution in [2.45, 2.75) is 32.7 Å². The third-order valence-electron chi connectivity index (χ3n) is 2.86. The SMILES string of the molecule is CC(C)CCNC(CC(=O)Nc1ccccc1)C(=O)O. The van der Waals surface area contributed by atoms with E-state index in [4.69, 9.17) is 5.11 Å². The molecule has 0 aliphatic rings. The Bertz CT molecular complexity index is 432. The fourth-order valence-electron chi connectivity index (χ4n) is 1.71. The van der Waals surface area contributed by atoms with Gasteiger partial charge >= 0.3 is 5.97 Å². The molecule has 0 heterocycles. The molecular formula is C15H22N2O3. The van der Waals surface area contributed by atoms with Gasteiger partial charge in [0.2, 0.25) is 5.91 Å². The third-order valence-corrected chi connectivity index (χ3v) is 2.86. The van der Waals surface area contributed by atoms with E-state index < -0.39 is 12.0 Å². The average Bonchev–Trinajstić information content (AvgIpc) is 2.38. The van der Waals surface area contributed by atoms with E-state index in [1.165, 1.54) is 0 Å². The molecule has 1 unspecified atom stereocenters. The van der Waals surface area contributed by atoms with Crippen molar-refractivity contribution in [3.05, 3.63) is 30.3 Å². The van der Waals surface area contributed by atoms with Gasteiger partial charge in [-0.05, 0) is 31.0 Å². The van der Waals surface area contributed by atoms with Crippen LogP contribution in [-0.2, 0) is 9.59 Å². The minimum Gasteiger partial charge on any atom is -0.480 e. The number of amides is 1. The number of hydrogen-bond acceptors (Lipinski definition) is 3. The van der Waals surface area contributed by atoms with Gasteiger partial charge in [0.15, 0.2) is 0 Å². The molecule has 20 heavy (non-hydrogen) atoms. The average molecular weight is 278 g/mol.